The van der Waals surface area contributed by atoms with Gasteiger partial charge in [-0.05, 0) is 18.6 Å². The maximum absolute atomic E-state index is 12.8. The van der Waals surface area contributed by atoms with Gasteiger partial charge in [0.15, 0.2) is 0 Å². The molecule has 0 radical (unpaired) electrons. The minimum absolute atomic E-state index is 0.192. The fourth-order valence-electron chi connectivity index (χ4n) is 0.943. The molecule has 0 fully saturated rings. The predicted octanol–water partition coefficient (Wildman–Crippen LogP) is 1.38. The lowest BCUT2D eigenvalue weighted by Gasteiger charge is -2.01. The Bertz CT molecular complexity index is 377. The Morgan fingerprint density at radius 3 is 2.33 bits per heavy atom. The first kappa shape index (κ1) is 9.15. The van der Waals surface area contributed by atoms with Crippen molar-refractivity contribution in [1.29, 1.82) is 0 Å². The number of hydrogen-bond acceptors (Lipinski definition) is 2. The molecule has 0 saturated heterocycles. The first-order valence-electron chi connectivity index (χ1n) is 3.15. The highest BCUT2D eigenvalue weighted by Gasteiger charge is 2.17. The molecule has 1 N–H and O–H groups in total. The van der Waals surface area contributed by atoms with Gasteiger partial charge in [-0.1, -0.05) is 12.1 Å². The van der Waals surface area contributed by atoms with E-state index in [1.54, 1.807) is 0 Å². The van der Waals surface area contributed by atoms with Crippen LogP contribution in [0.25, 0.3) is 0 Å². The molecule has 66 valence electrons. The van der Waals surface area contributed by atoms with Crippen molar-refractivity contribution in [2.24, 2.45) is 0 Å². The van der Waals surface area contributed by atoms with Crippen LogP contribution in [0.2, 0.25) is 0 Å². The average molecular weight is 190 g/mol. The second-order valence-electron chi connectivity index (χ2n) is 2.36. The van der Waals surface area contributed by atoms with Gasteiger partial charge in [0.2, 0.25) is 0 Å². The van der Waals surface area contributed by atoms with E-state index in [2.05, 4.69) is 0 Å². The standard InChI is InChI=1S/C7H7FO3S/c1-5-3-2-4-6(8)7(5)12(9,10)11/h2-4H,1H3,(H,9,10,11). The molecule has 1 rings (SSSR count). The zero-order valence-electron chi connectivity index (χ0n) is 6.28. The van der Waals surface area contributed by atoms with Crippen molar-refractivity contribution in [2.75, 3.05) is 0 Å². The van der Waals surface area contributed by atoms with Crippen LogP contribution in [0.15, 0.2) is 23.1 Å². The Morgan fingerprint density at radius 1 is 1.42 bits per heavy atom. The van der Waals surface area contributed by atoms with E-state index in [0.29, 0.717) is 0 Å². The van der Waals surface area contributed by atoms with Crippen LogP contribution in [0.4, 0.5) is 4.39 Å². The summed E-state index contributed by atoms with van der Waals surface area (Å²) in [4.78, 5) is -0.648. The summed E-state index contributed by atoms with van der Waals surface area (Å²) in [7, 11) is -4.44. The highest BCUT2D eigenvalue weighted by atomic mass is 32.2. The number of hydrogen-bond donors (Lipinski definition) is 1. The molecule has 0 atom stereocenters. The molecule has 5 heteroatoms. The van der Waals surface area contributed by atoms with Crippen molar-refractivity contribution >= 4 is 10.1 Å². The van der Waals surface area contributed by atoms with E-state index in [1.807, 2.05) is 0 Å². The van der Waals surface area contributed by atoms with Crippen LogP contribution < -0.4 is 0 Å². The highest BCUT2D eigenvalue weighted by Crippen LogP contribution is 2.17. The third-order valence-electron chi connectivity index (χ3n) is 1.42. The summed E-state index contributed by atoms with van der Waals surface area (Å²) in [6.07, 6.45) is 0. The molecule has 12 heavy (non-hydrogen) atoms. The molecule has 0 bridgehead atoms. The zero-order chi connectivity index (χ0) is 9.35. The molecule has 0 saturated carbocycles. The van der Waals surface area contributed by atoms with Gasteiger partial charge < -0.3 is 0 Å². The summed E-state index contributed by atoms with van der Waals surface area (Å²) in [6, 6.07) is 3.77. The summed E-state index contributed by atoms with van der Waals surface area (Å²) in [5.74, 6) is -0.933. The molecule has 1 aromatic rings. The van der Waals surface area contributed by atoms with Crippen LogP contribution in [-0.4, -0.2) is 13.0 Å². The first-order chi connectivity index (χ1) is 5.43. The Labute approximate surface area is 69.6 Å². The predicted molar refractivity (Wildman–Crippen MR) is 41.0 cm³/mol. The number of halogens is 1. The minimum atomic E-state index is -4.44. The van der Waals surface area contributed by atoms with Crippen molar-refractivity contribution in [2.45, 2.75) is 11.8 Å². The third-order valence-corrected chi connectivity index (χ3v) is 2.45. The first-order valence-corrected chi connectivity index (χ1v) is 4.59. The SMILES string of the molecule is Cc1cccc(F)c1S(=O)(=O)O. The van der Waals surface area contributed by atoms with Crippen molar-refractivity contribution in [3.63, 3.8) is 0 Å². The van der Waals surface area contributed by atoms with Crippen molar-refractivity contribution in [3.8, 4) is 0 Å². The summed E-state index contributed by atoms with van der Waals surface area (Å²) in [5.41, 5.74) is 0.192. The third kappa shape index (κ3) is 1.62. The van der Waals surface area contributed by atoms with E-state index < -0.39 is 20.8 Å². The molecule has 0 aliphatic heterocycles. The van der Waals surface area contributed by atoms with Crippen molar-refractivity contribution < 1.29 is 17.4 Å². The van der Waals surface area contributed by atoms with Crippen LogP contribution in [0.5, 0.6) is 0 Å². The Morgan fingerprint density at radius 2 is 2.00 bits per heavy atom. The van der Waals surface area contributed by atoms with Gasteiger partial charge >= 0.3 is 0 Å². The number of benzene rings is 1. The van der Waals surface area contributed by atoms with Gasteiger partial charge in [0.05, 0.1) is 0 Å². The van der Waals surface area contributed by atoms with Crippen LogP contribution in [-0.2, 0) is 10.1 Å². The maximum Gasteiger partial charge on any atom is 0.297 e. The molecule has 0 heterocycles. The number of rotatable bonds is 1. The summed E-state index contributed by atoms with van der Waals surface area (Å²) in [6.45, 7) is 1.41. The lowest BCUT2D eigenvalue weighted by Crippen LogP contribution is -2.03. The molecule has 0 spiro atoms. The van der Waals surface area contributed by atoms with Gasteiger partial charge in [-0.25, -0.2) is 4.39 Å². The molecular weight excluding hydrogens is 183 g/mol. The van der Waals surface area contributed by atoms with Crippen LogP contribution in [0.3, 0.4) is 0 Å². The Kier molecular flexibility index (Phi) is 2.16. The van der Waals surface area contributed by atoms with Gasteiger partial charge in [-0.15, -0.1) is 0 Å². The lowest BCUT2D eigenvalue weighted by molar-refractivity contribution is 0.472. The van der Waals surface area contributed by atoms with E-state index >= 15 is 0 Å². The Hall–Kier alpha value is -0.940. The summed E-state index contributed by atoms with van der Waals surface area (Å²) >= 11 is 0. The highest BCUT2D eigenvalue weighted by molar-refractivity contribution is 7.85. The van der Waals surface area contributed by atoms with Crippen LogP contribution >= 0.6 is 0 Å². The van der Waals surface area contributed by atoms with E-state index in [-0.39, 0.29) is 5.56 Å². The fraction of sp³-hybridized carbons (Fsp3) is 0.143. The second-order valence-corrected chi connectivity index (χ2v) is 3.72. The van der Waals surface area contributed by atoms with Gasteiger partial charge in [0.25, 0.3) is 10.1 Å². The van der Waals surface area contributed by atoms with Crippen LogP contribution in [0, 0.1) is 12.7 Å². The fourth-order valence-corrected chi connectivity index (χ4v) is 1.73. The monoisotopic (exact) mass is 190 g/mol. The molecule has 0 aliphatic carbocycles. The minimum Gasteiger partial charge on any atom is -0.282 e. The molecule has 3 nitrogen and oxygen atoms in total. The normalized spacial score (nSPS) is 11.6. The average Bonchev–Trinajstić information content (AvgIpc) is 1.82. The summed E-state index contributed by atoms with van der Waals surface area (Å²) in [5, 5.41) is 0. The molecule has 0 amide bonds. The van der Waals surface area contributed by atoms with E-state index in [0.717, 1.165) is 6.07 Å². The maximum atomic E-state index is 12.8. The Balaban J connectivity index is 3.53. The van der Waals surface area contributed by atoms with Gasteiger partial charge in [0, 0.05) is 0 Å². The molecule has 0 aliphatic rings. The van der Waals surface area contributed by atoms with Crippen LogP contribution in [0.1, 0.15) is 5.56 Å². The largest absolute Gasteiger partial charge is 0.297 e. The lowest BCUT2D eigenvalue weighted by atomic mass is 10.2. The smallest absolute Gasteiger partial charge is 0.282 e. The van der Waals surface area contributed by atoms with Gasteiger partial charge in [0.1, 0.15) is 10.7 Å². The van der Waals surface area contributed by atoms with Crippen molar-refractivity contribution in [3.05, 3.63) is 29.6 Å². The molecular formula is C7H7FO3S. The second kappa shape index (κ2) is 2.84. The molecule has 0 unspecified atom stereocenters. The quantitative estimate of drug-likeness (QED) is 0.680. The molecule has 0 aromatic heterocycles. The summed E-state index contributed by atoms with van der Waals surface area (Å²) < 4.78 is 42.6. The van der Waals surface area contributed by atoms with E-state index in [9.17, 15) is 12.8 Å². The van der Waals surface area contributed by atoms with Crippen molar-refractivity contribution in [1.82, 2.24) is 0 Å². The zero-order valence-corrected chi connectivity index (χ0v) is 7.10. The van der Waals surface area contributed by atoms with E-state index in [4.69, 9.17) is 4.55 Å². The van der Waals surface area contributed by atoms with Gasteiger partial charge in [-0.2, -0.15) is 8.42 Å². The molecule has 1 aromatic carbocycles. The van der Waals surface area contributed by atoms with Gasteiger partial charge in [-0.3, -0.25) is 4.55 Å². The van der Waals surface area contributed by atoms with E-state index in [1.165, 1.54) is 19.1 Å². The topological polar surface area (TPSA) is 54.4 Å². The number of aryl methyl sites for hydroxylation is 1.